The summed E-state index contributed by atoms with van der Waals surface area (Å²) in [7, 11) is 0. The molecule has 114 valence electrons. The number of nitrogens with one attached hydrogen (secondary N) is 2. The quantitative estimate of drug-likeness (QED) is 0.585. The molecular weight excluding hydrogens is 303 g/mol. The second kappa shape index (κ2) is 7.61. The third-order valence-electron chi connectivity index (χ3n) is 2.96. The molecule has 0 saturated carbocycles. The van der Waals surface area contributed by atoms with E-state index in [9.17, 15) is 14.0 Å². The molecule has 0 radical (unpaired) electrons. The van der Waals surface area contributed by atoms with Gasteiger partial charge in [0.1, 0.15) is 5.82 Å². The van der Waals surface area contributed by atoms with Crippen LogP contribution in [-0.4, -0.2) is 24.9 Å². The van der Waals surface area contributed by atoms with E-state index in [1.165, 1.54) is 18.2 Å². The lowest BCUT2D eigenvalue weighted by atomic mass is 10.2. The molecule has 0 fully saturated rings. The van der Waals surface area contributed by atoms with E-state index < -0.39 is 11.7 Å². The van der Waals surface area contributed by atoms with Crippen LogP contribution in [0.2, 0.25) is 0 Å². The van der Waals surface area contributed by atoms with Crippen LogP contribution in [0.15, 0.2) is 53.4 Å². The van der Waals surface area contributed by atoms with Crippen molar-refractivity contribution in [3.8, 4) is 0 Å². The van der Waals surface area contributed by atoms with Gasteiger partial charge in [0.15, 0.2) is 0 Å². The van der Waals surface area contributed by atoms with E-state index in [0.29, 0.717) is 10.5 Å². The van der Waals surface area contributed by atoms with Crippen LogP contribution in [0.5, 0.6) is 0 Å². The van der Waals surface area contributed by atoms with Crippen LogP contribution < -0.4 is 10.6 Å². The van der Waals surface area contributed by atoms with Gasteiger partial charge in [-0.05, 0) is 24.3 Å². The fourth-order valence-corrected chi connectivity index (χ4v) is 2.12. The summed E-state index contributed by atoms with van der Waals surface area (Å²) in [5.41, 5.74) is 0.445. The Morgan fingerprint density at radius 2 is 1.36 bits per heavy atom. The van der Waals surface area contributed by atoms with Gasteiger partial charge < -0.3 is 10.6 Å². The summed E-state index contributed by atoms with van der Waals surface area (Å²) in [6.07, 6.45) is 0. The maximum atomic E-state index is 13.4. The van der Waals surface area contributed by atoms with Crippen LogP contribution in [0.25, 0.3) is 0 Å². The lowest BCUT2D eigenvalue weighted by Gasteiger charge is -2.08. The Balaban J connectivity index is 1.80. The van der Waals surface area contributed by atoms with Crippen LogP contribution in [-0.2, 0) is 0 Å². The van der Waals surface area contributed by atoms with Crippen molar-refractivity contribution in [2.24, 2.45) is 0 Å². The molecule has 4 nitrogen and oxygen atoms in total. The first-order chi connectivity index (χ1) is 10.6. The highest BCUT2D eigenvalue weighted by Gasteiger charge is 2.11. The van der Waals surface area contributed by atoms with Crippen molar-refractivity contribution in [1.29, 1.82) is 0 Å². The first-order valence-electron chi connectivity index (χ1n) is 6.68. The van der Waals surface area contributed by atoms with E-state index in [4.69, 9.17) is 0 Å². The Morgan fingerprint density at radius 1 is 0.864 bits per heavy atom. The molecule has 2 aromatic carbocycles. The van der Waals surface area contributed by atoms with Gasteiger partial charge in [0, 0.05) is 18.0 Å². The molecule has 0 bridgehead atoms. The average molecular weight is 318 g/mol. The lowest BCUT2D eigenvalue weighted by Crippen LogP contribution is -2.35. The summed E-state index contributed by atoms with van der Waals surface area (Å²) in [4.78, 5) is 24.2. The van der Waals surface area contributed by atoms with Gasteiger partial charge in [-0.3, -0.25) is 9.59 Å². The first-order valence-corrected chi connectivity index (χ1v) is 7.13. The summed E-state index contributed by atoms with van der Waals surface area (Å²) in [6.45, 7) is 0.439. The SMILES string of the molecule is O=C(NCCNC(=O)c1ccccc1S)c1ccccc1F. The number of hydrogen-bond acceptors (Lipinski definition) is 3. The average Bonchev–Trinajstić information content (AvgIpc) is 2.52. The number of rotatable bonds is 5. The van der Waals surface area contributed by atoms with Gasteiger partial charge in [0.2, 0.25) is 0 Å². The van der Waals surface area contributed by atoms with Crippen LogP contribution in [0.1, 0.15) is 20.7 Å². The molecule has 22 heavy (non-hydrogen) atoms. The van der Waals surface area contributed by atoms with E-state index in [1.807, 2.05) is 0 Å². The van der Waals surface area contributed by atoms with E-state index in [-0.39, 0.29) is 24.6 Å². The molecule has 0 saturated heterocycles. The molecule has 6 heteroatoms. The third-order valence-corrected chi connectivity index (χ3v) is 3.35. The van der Waals surface area contributed by atoms with Gasteiger partial charge in [0.25, 0.3) is 11.8 Å². The summed E-state index contributed by atoms with van der Waals surface area (Å²) in [5, 5.41) is 5.21. The lowest BCUT2D eigenvalue weighted by molar-refractivity contribution is 0.0924. The number of carbonyl (C=O) groups excluding carboxylic acids is 2. The van der Waals surface area contributed by atoms with Crippen LogP contribution in [0, 0.1) is 5.82 Å². The van der Waals surface area contributed by atoms with Gasteiger partial charge in [0.05, 0.1) is 11.1 Å². The monoisotopic (exact) mass is 318 g/mol. The Kier molecular flexibility index (Phi) is 5.55. The second-order valence-electron chi connectivity index (χ2n) is 4.51. The fourth-order valence-electron chi connectivity index (χ4n) is 1.85. The van der Waals surface area contributed by atoms with E-state index in [2.05, 4.69) is 23.3 Å². The minimum absolute atomic E-state index is 0.0190. The molecule has 2 aromatic rings. The minimum atomic E-state index is -0.576. The molecule has 0 atom stereocenters. The molecule has 2 rings (SSSR count). The predicted molar refractivity (Wildman–Crippen MR) is 84.8 cm³/mol. The largest absolute Gasteiger partial charge is 0.350 e. The zero-order valence-electron chi connectivity index (χ0n) is 11.7. The van der Waals surface area contributed by atoms with Crippen molar-refractivity contribution in [1.82, 2.24) is 10.6 Å². The topological polar surface area (TPSA) is 58.2 Å². The molecule has 0 heterocycles. The fraction of sp³-hybridized carbons (Fsp3) is 0.125. The van der Waals surface area contributed by atoms with Crippen LogP contribution >= 0.6 is 12.6 Å². The second-order valence-corrected chi connectivity index (χ2v) is 4.99. The van der Waals surface area contributed by atoms with Gasteiger partial charge in [-0.25, -0.2) is 4.39 Å². The smallest absolute Gasteiger partial charge is 0.254 e. The summed E-state index contributed by atoms with van der Waals surface area (Å²) in [5.74, 6) is -1.36. The Hall–Kier alpha value is -2.34. The Morgan fingerprint density at radius 3 is 1.95 bits per heavy atom. The summed E-state index contributed by atoms with van der Waals surface area (Å²) >= 11 is 4.20. The number of amides is 2. The van der Waals surface area contributed by atoms with Crippen molar-refractivity contribution in [3.05, 3.63) is 65.5 Å². The molecule has 0 aliphatic heterocycles. The van der Waals surface area contributed by atoms with Gasteiger partial charge in [-0.15, -0.1) is 12.6 Å². The van der Waals surface area contributed by atoms with Crippen LogP contribution in [0.4, 0.5) is 4.39 Å². The van der Waals surface area contributed by atoms with Crippen LogP contribution in [0.3, 0.4) is 0 Å². The number of thiol groups is 1. The van der Waals surface area contributed by atoms with Gasteiger partial charge >= 0.3 is 0 Å². The Labute approximate surface area is 133 Å². The standard InChI is InChI=1S/C16H15FN2O2S/c17-13-7-3-1-5-11(13)15(20)18-9-10-19-16(21)12-6-2-4-8-14(12)22/h1-8,22H,9-10H2,(H,18,20)(H,19,21). The maximum absolute atomic E-state index is 13.4. The zero-order valence-corrected chi connectivity index (χ0v) is 12.6. The number of halogens is 1. The summed E-state index contributed by atoms with van der Waals surface area (Å²) < 4.78 is 13.4. The summed E-state index contributed by atoms with van der Waals surface area (Å²) in [6, 6.07) is 12.6. The number of hydrogen-bond donors (Lipinski definition) is 3. The highest BCUT2D eigenvalue weighted by atomic mass is 32.1. The highest BCUT2D eigenvalue weighted by Crippen LogP contribution is 2.12. The third kappa shape index (κ3) is 4.08. The zero-order chi connectivity index (χ0) is 15.9. The van der Waals surface area contributed by atoms with Crippen molar-refractivity contribution < 1.29 is 14.0 Å². The molecule has 2 amide bonds. The first kappa shape index (κ1) is 16.0. The molecule has 2 N–H and O–H groups in total. The molecule has 0 unspecified atom stereocenters. The molecule has 0 aliphatic rings. The van der Waals surface area contributed by atoms with Crippen molar-refractivity contribution in [3.63, 3.8) is 0 Å². The predicted octanol–water partition coefficient (Wildman–Crippen LogP) is 2.27. The van der Waals surface area contributed by atoms with E-state index in [1.54, 1.807) is 30.3 Å². The van der Waals surface area contributed by atoms with Crippen molar-refractivity contribution in [2.45, 2.75) is 4.90 Å². The maximum Gasteiger partial charge on any atom is 0.254 e. The van der Waals surface area contributed by atoms with E-state index >= 15 is 0 Å². The molecular formula is C16H15FN2O2S. The molecule has 0 spiro atoms. The van der Waals surface area contributed by atoms with Gasteiger partial charge in [-0.2, -0.15) is 0 Å². The van der Waals surface area contributed by atoms with Crippen molar-refractivity contribution in [2.75, 3.05) is 13.1 Å². The van der Waals surface area contributed by atoms with E-state index in [0.717, 1.165) is 0 Å². The number of benzene rings is 2. The number of carbonyl (C=O) groups is 2. The minimum Gasteiger partial charge on any atom is -0.350 e. The molecule has 0 aliphatic carbocycles. The molecule has 0 aromatic heterocycles. The Bertz CT molecular complexity index is 632. The normalized spacial score (nSPS) is 10.1. The highest BCUT2D eigenvalue weighted by molar-refractivity contribution is 7.80. The van der Waals surface area contributed by atoms with Crippen molar-refractivity contribution >= 4 is 24.4 Å². The van der Waals surface area contributed by atoms with Gasteiger partial charge in [-0.1, -0.05) is 24.3 Å².